The maximum Gasteiger partial charge on any atom is 0.163 e. The van der Waals surface area contributed by atoms with Crippen molar-refractivity contribution >= 4 is 16.7 Å². The van der Waals surface area contributed by atoms with Gasteiger partial charge in [-0.05, 0) is 49.9 Å². The number of anilines is 1. The average Bonchev–Trinajstić information content (AvgIpc) is 2.82. The van der Waals surface area contributed by atoms with E-state index in [1.807, 2.05) is 37.3 Å². The van der Waals surface area contributed by atoms with Crippen molar-refractivity contribution in [3.8, 4) is 34.4 Å². The summed E-state index contributed by atoms with van der Waals surface area (Å²) in [4.78, 5) is 12.3. The van der Waals surface area contributed by atoms with Gasteiger partial charge in [0.15, 0.2) is 28.8 Å². The van der Waals surface area contributed by atoms with Crippen LogP contribution in [0.1, 0.15) is 26.7 Å². The Balaban J connectivity index is 1.92. The molecular formula is C25H31N3O4. The highest BCUT2D eigenvalue weighted by atomic mass is 16.5. The van der Waals surface area contributed by atoms with Crippen molar-refractivity contribution in [2.24, 2.45) is 5.92 Å². The van der Waals surface area contributed by atoms with Gasteiger partial charge in [0.1, 0.15) is 5.82 Å². The average molecular weight is 438 g/mol. The second kappa shape index (κ2) is 9.51. The first-order valence-corrected chi connectivity index (χ1v) is 11.1. The molecule has 0 unspecified atom stereocenters. The van der Waals surface area contributed by atoms with Crippen LogP contribution in [0.3, 0.4) is 0 Å². The van der Waals surface area contributed by atoms with Gasteiger partial charge in [-0.1, -0.05) is 6.92 Å². The first kappa shape index (κ1) is 22.0. The fourth-order valence-electron chi connectivity index (χ4n) is 4.28. The van der Waals surface area contributed by atoms with Crippen LogP contribution in [-0.4, -0.2) is 51.0 Å². The van der Waals surface area contributed by atoms with E-state index in [1.165, 1.54) is 6.42 Å². The molecule has 2 aromatic carbocycles. The van der Waals surface area contributed by atoms with Gasteiger partial charge in [-0.2, -0.15) is 0 Å². The highest BCUT2D eigenvalue weighted by molar-refractivity contribution is 5.93. The molecule has 0 N–H and O–H groups in total. The van der Waals surface area contributed by atoms with E-state index in [4.69, 9.17) is 28.9 Å². The van der Waals surface area contributed by atoms with E-state index >= 15 is 0 Å². The molecule has 0 spiro atoms. The maximum absolute atomic E-state index is 5.82. The van der Waals surface area contributed by atoms with Crippen molar-refractivity contribution in [1.82, 2.24) is 9.97 Å². The minimum absolute atomic E-state index is 0.548. The van der Waals surface area contributed by atoms with Gasteiger partial charge < -0.3 is 23.8 Å². The van der Waals surface area contributed by atoms with Gasteiger partial charge in [0.2, 0.25) is 0 Å². The van der Waals surface area contributed by atoms with Crippen molar-refractivity contribution < 1.29 is 18.9 Å². The Hall–Kier alpha value is -3.22. The van der Waals surface area contributed by atoms with Crippen LogP contribution < -0.4 is 23.8 Å². The smallest absolute Gasteiger partial charge is 0.163 e. The lowest BCUT2D eigenvalue weighted by Gasteiger charge is -2.32. The zero-order chi connectivity index (χ0) is 22.7. The maximum atomic E-state index is 5.82. The van der Waals surface area contributed by atoms with Gasteiger partial charge in [-0.3, -0.25) is 0 Å². The molecule has 170 valence electrons. The van der Waals surface area contributed by atoms with Crippen molar-refractivity contribution in [2.75, 3.05) is 45.9 Å². The van der Waals surface area contributed by atoms with Crippen molar-refractivity contribution in [2.45, 2.75) is 26.7 Å². The first-order valence-electron chi connectivity index (χ1n) is 11.1. The molecule has 4 rings (SSSR count). The quantitative estimate of drug-likeness (QED) is 0.518. The first-order chi connectivity index (χ1) is 15.6. The second-order valence-corrected chi connectivity index (χ2v) is 8.09. The molecule has 0 bridgehead atoms. The van der Waals surface area contributed by atoms with Gasteiger partial charge in [-0.15, -0.1) is 0 Å². The number of nitrogens with zero attached hydrogens (tertiary/aromatic N) is 3. The number of fused-ring (bicyclic) bond motifs is 1. The number of benzene rings is 2. The molecule has 1 fully saturated rings. The highest BCUT2D eigenvalue weighted by Gasteiger charge is 2.23. The number of hydrogen-bond acceptors (Lipinski definition) is 7. The molecule has 7 nitrogen and oxygen atoms in total. The van der Waals surface area contributed by atoms with E-state index in [0.717, 1.165) is 41.8 Å². The van der Waals surface area contributed by atoms with Crippen molar-refractivity contribution in [1.29, 1.82) is 0 Å². The molecule has 3 aromatic rings. The van der Waals surface area contributed by atoms with Crippen LogP contribution in [0.2, 0.25) is 0 Å². The molecule has 2 heterocycles. The molecule has 32 heavy (non-hydrogen) atoms. The van der Waals surface area contributed by atoms with Crippen LogP contribution in [0.15, 0.2) is 30.3 Å². The molecular weight excluding hydrogens is 406 g/mol. The predicted octanol–water partition coefficient (Wildman–Crippen LogP) is 4.96. The van der Waals surface area contributed by atoms with Gasteiger partial charge >= 0.3 is 0 Å². The fraction of sp³-hybridized carbons (Fsp3) is 0.440. The van der Waals surface area contributed by atoms with E-state index in [-0.39, 0.29) is 0 Å². The van der Waals surface area contributed by atoms with E-state index < -0.39 is 0 Å². The Morgan fingerprint density at radius 1 is 0.938 bits per heavy atom. The van der Waals surface area contributed by atoms with Crippen LogP contribution >= 0.6 is 0 Å². The Bertz CT molecular complexity index is 1100. The lowest BCUT2D eigenvalue weighted by molar-refractivity contribution is 0.311. The number of rotatable bonds is 7. The third-order valence-corrected chi connectivity index (χ3v) is 5.86. The molecule has 0 saturated carbocycles. The standard InChI is InChI=1S/C25H31N3O4/c1-6-32-23-14-19-18(13-22(23)31-5)25(28-11-7-8-16(2)15-28)27-24(26-19)17-9-10-20(29-3)21(12-17)30-4/h9-10,12-14,16H,6-8,11,15H2,1-5H3/t16-/m0/s1. The van der Waals surface area contributed by atoms with Gasteiger partial charge in [0.25, 0.3) is 0 Å². The summed E-state index contributed by atoms with van der Waals surface area (Å²) in [6.45, 7) is 6.73. The molecule has 1 aliphatic heterocycles. The van der Waals surface area contributed by atoms with Crippen molar-refractivity contribution in [3.63, 3.8) is 0 Å². The number of aromatic nitrogens is 2. The minimum Gasteiger partial charge on any atom is -0.493 e. The Morgan fingerprint density at radius 3 is 2.38 bits per heavy atom. The molecule has 0 aliphatic carbocycles. The summed E-state index contributed by atoms with van der Waals surface area (Å²) < 4.78 is 22.3. The van der Waals surface area contributed by atoms with Crippen LogP contribution in [0.25, 0.3) is 22.3 Å². The van der Waals surface area contributed by atoms with Crippen LogP contribution in [0.5, 0.6) is 23.0 Å². The van der Waals surface area contributed by atoms with Gasteiger partial charge in [-0.25, -0.2) is 9.97 Å². The van der Waals surface area contributed by atoms with E-state index in [2.05, 4.69) is 11.8 Å². The Kier molecular flexibility index (Phi) is 6.53. The largest absolute Gasteiger partial charge is 0.493 e. The third kappa shape index (κ3) is 4.24. The lowest BCUT2D eigenvalue weighted by atomic mass is 10.00. The predicted molar refractivity (Wildman–Crippen MR) is 126 cm³/mol. The monoisotopic (exact) mass is 437 g/mol. The third-order valence-electron chi connectivity index (χ3n) is 5.86. The summed E-state index contributed by atoms with van der Waals surface area (Å²) in [7, 11) is 4.91. The molecule has 1 saturated heterocycles. The van der Waals surface area contributed by atoms with Crippen LogP contribution in [0, 0.1) is 5.92 Å². The normalized spacial score (nSPS) is 16.2. The fourth-order valence-corrected chi connectivity index (χ4v) is 4.28. The summed E-state index contributed by atoms with van der Waals surface area (Å²) in [5.41, 5.74) is 1.69. The lowest BCUT2D eigenvalue weighted by Crippen LogP contribution is -2.35. The topological polar surface area (TPSA) is 65.9 Å². The van der Waals surface area contributed by atoms with Crippen LogP contribution in [-0.2, 0) is 0 Å². The minimum atomic E-state index is 0.548. The number of hydrogen-bond donors (Lipinski definition) is 0. The number of ether oxygens (including phenoxy) is 4. The highest BCUT2D eigenvalue weighted by Crippen LogP contribution is 2.38. The Labute approximate surface area is 189 Å². The summed E-state index contributed by atoms with van der Waals surface area (Å²) >= 11 is 0. The summed E-state index contributed by atoms with van der Waals surface area (Å²) in [6, 6.07) is 9.69. The molecule has 7 heteroatoms. The van der Waals surface area contributed by atoms with E-state index in [0.29, 0.717) is 41.3 Å². The SMILES string of the molecule is CCOc1cc2nc(-c3ccc(OC)c(OC)c3)nc(N3CCC[C@H](C)C3)c2cc1OC. The zero-order valence-corrected chi connectivity index (χ0v) is 19.5. The van der Waals surface area contributed by atoms with E-state index in [9.17, 15) is 0 Å². The molecule has 1 aliphatic rings. The molecule has 0 amide bonds. The zero-order valence-electron chi connectivity index (χ0n) is 19.5. The summed E-state index contributed by atoms with van der Waals surface area (Å²) in [5.74, 6) is 4.86. The van der Waals surface area contributed by atoms with Gasteiger partial charge in [0, 0.05) is 30.1 Å². The van der Waals surface area contributed by atoms with Crippen molar-refractivity contribution in [3.05, 3.63) is 30.3 Å². The molecule has 0 radical (unpaired) electrons. The summed E-state index contributed by atoms with van der Waals surface area (Å²) in [5, 5.41) is 0.962. The molecule has 1 atom stereocenters. The van der Waals surface area contributed by atoms with Gasteiger partial charge in [0.05, 0.1) is 33.5 Å². The number of piperidine rings is 1. The Morgan fingerprint density at radius 2 is 1.69 bits per heavy atom. The number of methoxy groups -OCH3 is 3. The molecule has 1 aromatic heterocycles. The second-order valence-electron chi connectivity index (χ2n) is 8.09. The van der Waals surface area contributed by atoms with Crippen LogP contribution in [0.4, 0.5) is 5.82 Å². The summed E-state index contributed by atoms with van der Waals surface area (Å²) in [6.07, 6.45) is 2.38. The van der Waals surface area contributed by atoms with E-state index in [1.54, 1.807) is 21.3 Å².